The van der Waals surface area contributed by atoms with Gasteiger partial charge in [0.1, 0.15) is 0 Å². The summed E-state index contributed by atoms with van der Waals surface area (Å²) < 4.78 is 28.0. The van der Waals surface area contributed by atoms with Crippen molar-refractivity contribution >= 4 is 43.2 Å². The molecule has 0 amide bonds. The lowest BCUT2D eigenvalue weighted by Gasteiger charge is -2.05. The zero-order chi connectivity index (χ0) is 15.6. The highest BCUT2D eigenvalue weighted by molar-refractivity contribution is 7.89. The number of hydrogen-bond acceptors (Lipinski definition) is 4. The molecule has 22 heavy (non-hydrogen) atoms. The largest absolute Gasteiger partial charge is 0.241 e. The lowest BCUT2D eigenvalue weighted by Crippen LogP contribution is -2.25. The minimum atomic E-state index is -3.51. The molecule has 0 spiro atoms. The number of fused-ring (bicyclic) bond motifs is 1. The maximum Gasteiger partial charge on any atom is 0.240 e. The van der Waals surface area contributed by atoms with Crippen LogP contribution < -0.4 is 4.72 Å². The van der Waals surface area contributed by atoms with Crippen molar-refractivity contribution in [2.45, 2.75) is 11.3 Å². The topological polar surface area (TPSA) is 59.1 Å². The highest BCUT2D eigenvalue weighted by Crippen LogP contribution is 2.21. The molecule has 2 aromatic carbocycles. The molecule has 0 aliphatic carbocycles. The molecular formula is C15H13ClN2O2S2. The van der Waals surface area contributed by atoms with Crippen LogP contribution in [-0.4, -0.2) is 19.9 Å². The van der Waals surface area contributed by atoms with E-state index in [0.717, 1.165) is 15.2 Å². The highest BCUT2D eigenvalue weighted by atomic mass is 35.5. The summed E-state index contributed by atoms with van der Waals surface area (Å²) in [5.41, 5.74) is 0.947. The fourth-order valence-electron chi connectivity index (χ4n) is 2.02. The first kappa shape index (κ1) is 15.4. The van der Waals surface area contributed by atoms with Crippen LogP contribution in [-0.2, 0) is 16.4 Å². The van der Waals surface area contributed by atoms with Gasteiger partial charge in [0.2, 0.25) is 10.0 Å². The zero-order valence-corrected chi connectivity index (χ0v) is 13.9. The molecule has 0 aliphatic heterocycles. The molecule has 1 aromatic heterocycles. The van der Waals surface area contributed by atoms with Crippen molar-refractivity contribution in [3.05, 3.63) is 58.6 Å². The fourth-order valence-corrected chi connectivity index (χ4v) is 4.14. The van der Waals surface area contributed by atoms with Crippen LogP contribution in [0.1, 0.15) is 5.01 Å². The SMILES string of the molecule is O=S(=O)(NCCc1nc2ccccc2s1)c1ccc(Cl)cc1. The van der Waals surface area contributed by atoms with Gasteiger partial charge < -0.3 is 0 Å². The Balaban J connectivity index is 1.65. The Morgan fingerprint density at radius 3 is 2.55 bits per heavy atom. The Morgan fingerprint density at radius 2 is 1.82 bits per heavy atom. The summed E-state index contributed by atoms with van der Waals surface area (Å²) in [5.74, 6) is 0. The van der Waals surface area contributed by atoms with Gasteiger partial charge in [-0.15, -0.1) is 11.3 Å². The van der Waals surface area contributed by atoms with E-state index in [2.05, 4.69) is 9.71 Å². The summed E-state index contributed by atoms with van der Waals surface area (Å²) >= 11 is 7.34. The Bertz CT molecular complexity index is 856. The van der Waals surface area contributed by atoms with Crippen LogP contribution in [0.25, 0.3) is 10.2 Å². The van der Waals surface area contributed by atoms with Gasteiger partial charge in [-0.2, -0.15) is 0 Å². The van der Waals surface area contributed by atoms with Crippen molar-refractivity contribution in [2.24, 2.45) is 0 Å². The fraction of sp³-hybridized carbons (Fsp3) is 0.133. The van der Waals surface area contributed by atoms with Crippen LogP contribution in [0.15, 0.2) is 53.4 Å². The maximum atomic E-state index is 12.1. The summed E-state index contributed by atoms with van der Waals surface area (Å²) in [6, 6.07) is 14.0. The average molecular weight is 353 g/mol. The van der Waals surface area contributed by atoms with E-state index in [0.29, 0.717) is 18.0 Å². The highest BCUT2D eigenvalue weighted by Gasteiger charge is 2.13. The monoisotopic (exact) mass is 352 g/mol. The molecule has 0 aliphatic rings. The molecule has 0 bridgehead atoms. The van der Waals surface area contributed by atoms with Crippen molar-refractivity contribution in [2.75, 3.05) is 6.54 Å². The molecule has 7 heteroatoms. The first-order valence-electron chi connectivity index (χ1n) is 6.64. The lowest BCUT2D eigenvalue weighted by atomic mass is 10.3. The quantitative estimate of drug-likeness (QED) is 0.764. The number of halogens is 1. The molecule has 114 valence electrons. The van der Waals surface area contributed by atoms with Gasteiger partial charge in [-0.25, -0.2) is 18.1 Å². The Kier molecular flexibility index (Phi) is 4.44. The van der Waals surface area contributed by atoms with Gasteiger partial charge >= 0.3 is 0 Å². The van der Waals surface area contributed by atoms with E-state index in [9.17, 15) is 8.42 Å². The second-order valence-electron chi connectivity index (χ2n) is 4.68. The third kappa shape index (κ3) is 3.47. The van der Waals surface area contributed by atoms with Gasteiger partial charge in [0.15, 0.2) is 0 Å². The molecule has 3 aromatic rings. The second kappa shape index (κ2) is 6.34. The van der Waals surface area contributed by atoms with Crippen LogP contribution >= 0.6 is 22.9 Å². The van der Waals surface area contributed by atoms with Crippen LogP contribution in [0, 0.1) is 0 Å². The molecule has 0 saturated heterocycles. The third-order valence-corrected chi connectivity index (χ3v) is 5.92. The summed E-state index contributed by atoms with van der Waals surface area (Å²) in [6.45, 7) is 0.310. The lowest BCUT2D eigenvalue weighted by molar-refractivity contribution is 0.581. The summed E-state index contributed by atoms with van der Waals surface area (Å²) in [7, 11) is -3.51. The summed E-state index contributed by atoms with van der Waals surface area (Å²) in [5, 5.41) is 1.42. The van der Waals surface area contributed by atoms with Gasteiger partial charge in [-0.1, -0.05) is 23.7 Å². The number of para-hydroxylation sites is 1. The van der Waals surface area contributed by atoms with E-state index in [-0.39, 0.29) is 4.90 Å². The predicted octanol–water partition coefficient (Wildman–Crippen LogP) is 3.47. The standard InChI is InChI=1S/C15H13ClN2O2S2/c16-11-5-7-12(8-6-11)22(19,20)17-10-9-15-18-13-3-1-2-4-14(13)21-15/h1-8,17H,9-10H2. The van der Waals surface area contributed by atoms with Gasteiger partial charge in [-0.05, 0) is 36.4 Å². The van der Waals surface area contributed by atoms with E-state index in [1.54, 1.807) is 23.5 Å². The number of aromatic nitrogens is 1. The number of thiazole rings is 1. The molecule has 0 atom stereocenters. The van der Waals surface area contributed by atoms with E-state index in [4.69, 9.17) is 11.6 Å². The van der Waals surface area contributed by atoms with Gasteiger partial charge in [0.05, 0.1) is 20.1 Å². The predicted molar refractivity (Wildman–Crippen MR) is 90.0 cm³/mol. The van der Waals surface area contributed by atoms with E-state index in [1.165, 1.54) is 12.1 Å². The van der Waals surface area contributed by atoms with E-state index < -0.39 is 10.0 Å². The van der Waals surface area contributed by atoms with E-state index >= 15 is 0 Å². The normalized spacial score (nSPS) is 11.9. The number of hydrogen-bond donors (Lipinski definition) is 1. The van der Waals surface area contributed by atoms with E-state index in [1.807, 2.05) is 24.3 Å². The molecule has 0 radical (unpaired) electrons. The van der Waals surface area contributed by atoms with Gasteiger partial charge in [-0.3, -0.25) is 0 Å². The average Bonchev–Trinajstić information content (AvgIpc) is 2.90. The Labute approximate surface area is 137 Å². The minimum Gasteiger partial charge on any atom is -0.241 e. The minimum absolute atomic E-state index is 0.209. The van der Waals surface area contributed by atoms with Crippen molar-refractivity contribution in [3.63, 3.8) is 0 Å². The Hall–Kier alpha value is -1.47. The summed E-state index contributed by atoms with van der Waals surface area (Å²) in [4.78, 5) is 4.69. The van der Waals surface area contributed by atoms with Crippen LogP contribution in [0.2, 0.25) is 5.02 Å². The summed E-state index contributed by atoms with van der Waals surface area (Å²) in [6.07, 6.45) is 0.562. The molecule has 3 rings (SSSR count). The van der Waals surface area contributed by atoms with Crippen molar-refractivity contribution in [3.8, 4) is 0 Å². The number of nitrogens with zero attached hydrogens (tertiary/aromatic N) is 1. The van der Waals surface area contributed by atoms with Crippen molar-refractivity contribution in [1.82, 2.24) is 9.71 Å². The molecular weight excluding hydrogens is 340 g/mol. The van der Waals surface area contributed by atoms with Crippen LogP contribution in [0.4, 0.5) is 0 Å². The molecule has 0 unspecified atom stereocenters. The molecule has 0 saturated carbocycles. The first-order chi connectivity index (χ1) is 10.5. The van der Waals surface area contributed by atoms with Crippen LogP contribution in [0.3, 0.4) is 0 Å². The first-order valence-corrected chi connectivity index (χ1v) is 9.32. The molecule has 4 nitrogen and oxygen atoms in total. The van der Waals surface area contributed by atoms with Crippen molar-refractivity contribution < 1.29 is 8.42 Å². The number of nitrogens with one attached hydrogen (secondary N) is 1. The van der Waals surface area contributed by atoms with Crippen molar-refractivity contribution in [1.29, 1.82) is 0 Å². The van der Waals surface area contributed by atoms with Gasteiger partial charge in [0.25, 0.3) is 0 Å². The van der Waals surface area contributed by atoms with Crippen LogP contribution in [0.5, 0.6) is 0 Å². The Morgan fingerprint density at radius 1 is 1.09 bits per heavy atom. The number of sulfonamides is 1. The molecule has 0 fully saturated rings. The molecule has 1 N–H and O–H groups in total. The molecule has 1 heterocycles. The van der Waals surface area contributed by atoms with Gasteiger partial charge in [0, 0.05) is 18.0 Å². The smallest absolute Gasteiger partial charge is 0.240 e. The number of benzene rings is 2. The zero-order valence-electron chi connectivity index (χ0n) is 11.5. The second-order valence-corrected chi connectivity index (χ2v) is 8.00. The third-order valence-electron chi connectivity index (χ3n) is 3.09. The maximum absolute atomic E-state index is 12.1. The number of rotatable bonds is 5.